The van der Waals surface area contributed by atoms with Crippen LogP contribution < -0.4 is 0 Å². The lowest BCUT2D eigenvalue weighted by atomic mass is 10.1. The molecule has 0 saturated heterocycles. The Bertz CT molecular complexity index is 919. The summed E-state index contributed by atoms with van der Waals surface area (Å²) in [5.74, 6) is 0. The Morgan fingerprint density at radius 3 is 2.86 bits per heavy atom. The van der Waals surface area contributed by atoms with Crippen molar-refractivity contribution in [3.63, 3.8) is 0 Å². The van der Waals surface area contributed by atoms with Gasteiger partial charge in [0, 0.05) is 34.9 Å². The van der Waals surface area contributed by atoms with Crippen LogP contribution in [0.15, 0.2) is 60.9 Å². The molecule has 0 saturated carbocycles. The molecule has 107 valence electrons. The molecule has 0 bridgehead atoms. The normalized spacial score (nSPS) is 11.1. The number of hydrogen-bond acceptors (Lipinski definition) is 1. The Kier molecular flexibility index (Phi) is 3.20. The second kappa shape index (κ2) is 5.35. The molecule has 2 heterocycles. The summed E-state index contributed by atoms with van der Waals surface area (Å²) in [5, 5.41) is 8.94. The number of H-pyrrole nitrogens is 1. The maximum atomic E-state index is 5.96. The number of rotatable bonds is 3. The lowest BCUT2D eigenvalue weighted by molar-refractivity contribution is 0.815. The predicted molar refractivity (Wildman–Crippen MR) is 88.9 cm³/mol. The molecule has 2 aromatic carbocycles. The zero-order valence-corrected chi connectivity index (χ0v) is 12.5. The summed E-state index contributed by atoms with van der Waals surface area (Å²) in [4.78, 5) is 0. The average molecular weight is 307 g/mol. The van der Waals surface area contributed by atoms with E-state index in [0.717, 1.165) is 33.7 Å². The van der Waals surface area contributed by atoms with Gasteiger partial charge in [0.05, 0.1) is 11.7 Å². The minimum absolute atomic E-state index is 0.746. The monoisotopic (exact) mass is 306 g/mol. The van der Waals surface area contributed by atoms with Gasteiger partial charge in [0.1, 0.15) is 0 Å². The summed E-state index contributed by atoms with van der Waals surface area (Å²) in [5.41, 5.74) is 4.54. The van der Waals surface area contributed by atoms with Crippen molar-refractivity contribution in [2.75, 3.05) is 0 Å². The maximum absolute atomic E-state index is 5.96. The Labute approximate surface area is 133 Å². The first kappa shape index (κ1) is 13.2. The number of halogens is 1. The van der Waals surface area contributed by atoms with Gasteiger partial charge in [-0.25, -0.2) is 0 Å². The van der Waals surface area contributed by atoms with Crippen molar-refractivity contribution >= 4 is 22.5 Å². The molecule has 4 rings (SSSR count). The van der Waals surface area contributed by atoms with E-state index in [1.807, 2.05) is 42.7 Å². The highest BCUT2D eigenvalue weighted by Gasteiger charge is 2.06. The lowest BCUT2D eigenvalue weighted by Crippen LogP contribution is -2.00. The van der Waals surface area contributed by atoms with Crippen LogP contribution in [0, 0.1) is 6.07 Å². The van der Waals surface area contributed by atoms with E-state index in [2.05, 4.69) is 39.0 Å². The summed E-state index contributed by atoms with van der Waals surface area (Å²) in [7, 11) is 0. The van der Waals surface area contributed by atoms with Crippen LogP contribution in [-0.4, -0.2) is 14.8 Å². The maximum Gasteiger partial charge on any atom is 0.0653 e. The lowest BCUT2D eigenvalue weighted by Gasteiger charge is -2.10. The number of aromatic nitrogens is 3. The smallest absolute Gasteiger partial charge is 0.0653 e. The molecular formula is C18H13ClN3. The highest BCUT2D eigenvalue weighted by Crippen LogP contribution is 2.23. The van der Waals surface area contributed by atoms with Crippen molar-refractivity contribution in [1.82, 2.24) is 14.8 Å². The van der Waals surface area contributed by atoms with E-state index in [-0.39, 0.29) is 0 Å². The van der Waals surface area contributed by atoms with Gasteiger partial charge in [-0.1, -0.05) is 35.9 Å². The van der Waals surface area contributed by atoms with Gasteiger partial charge in [-0.05, 0) is 35.4 Å². The van der Waals surface area contributed by atoms with Crippen molar-refractivity contribution < 1.29 is 0 Å². The third-order valence-corrected chi connectivity index (χ3v) is 4.01. The number of hydrogen-bond donors (Lipinski definition) is 1. The van der Waals surface area contributed by atoms with Crippen molar-refractivity contribution in [3.05, 3.63) is 77.6 Å². The highest BCUT2D eigenvalue weighted by molar-refractivity contribution is 6.30. The first-order valence-electron chi connectivity index (χ1n) is 7.04. The Balaban J connectivity index is 1.68. The summed E-state index contributed by atoms with van der Waals surface area (Å²) in [6.07, 6.45) is 3.81. The minimum atomic E-state index is 0.746. The van der Waals surface area contributed by atoms with E-state index in [0.29, 0.717) is 0 Å². The van der Waals surface area contributed by atoms with Crippen LogP contribution >= 0.6 is 11.6 Å². The molecule has 3 nitrogen and oxygen atoms in total. The van der Waals surface area contributed by atoms with Gasteiger partial charge in [-0.15, -0.1) is 0 Å². The molecule has 0 fully saturated rings. The Morgan fingerprint density at radius 1 is 1.14 bits per heavy atom. The highest BCUT2D eigenvalue weighted by atomic mass is 35.5. The van der Waals surface area contributed by atoms with E-state index in [9.17, 15) is 0 Å². The molecule has 1 radical (unpaired) electrons. The van der Waals surface area contributed by atoms with E-state index in [1.54, 1.807) is 0 Å². The second-order valence-corrected chi connectivity index (χ2v) is 5.69. The fourth-order valence-electron chi connectivity index (χ4n) is 2.64. The molecule has 2 aromatic heterocycles. The average Bonchev–Trinajstić information content (AvgIpc) is 3.17. The predicted octanol–water partition coefficient (Wildman–Crippen LogP) is 4.53. The van der Waals surface area contributed by atoms with Crippen molar-refractivity contribution in [3.8, 4) is 11.3 Å². The van der Waals surface area contributed by atoms with Gasteiger partial charge in [0.15, 0.2) is 0 Å². The molecular weight excluding hydrogens is 294 g/mol. The van der Waals surface area contributed by atoms with Gasteiger partial charge in [-0.3, -0.25) is 5.10 Å². The Hall–Kier alpha value is -2.52. The molecule has 4 heteroatoms. The summed E-state index contributed by atoms with van der Waals surface area (Å²) >= 11 is 5.96. The van der Waals surface area contributed by atoms with Crippen LogP contribution in [0.1, 0.15) is 5.56 Å². The number of benzene rings is 2. The van der Waals surface area contributed by atoms with E-state index in [4.69, 9.17) is 11.6 Å². The van der Waals surface area contributed by atoms with Gasteiger partial charge in [-0.2, -0.15) is 5.10 Å². The van der Waals surface area contributed by atoms with Gasteiger partial charge in [0.25, 0.3) is 0 Å². The van der Waals surface area contributed by atoms with Crippen molar-refractivity contribution in [2.24, 2.45) is 0 Å². The van der Waals surface area contributed by atoms with E-state index in [1.165, 1.54) is 5.56 Å². The topological polar surface area (TPSA) is 33.6 Å². The van der Waals surface area contributed by atoms with E-state index < -0.39 is 0 Å². The van der Waals surface area contributed by atoms with Crippen LogP contribution in [0.5, 0.6) is 0 Å². The molecule has 0 atom stereocenters. The third-order valence-electron chi connectivity index (χ3n) is 3.76. The summed E-state index contributed by atoms with van der Waals surface area (Å²) < 4.78 is 2.18. The molecule has 22 heavy (non-hydrogen) atoms. The van der Waals surface area contributed by atoms with Crippen LogP contribution in [0.25, 0.3) is 22.2 Å². The number of nitrogens with zero attached hydrogens (tertiary/aromatic N) is 2. The zero-order chi connectivity index (χ0) is 14.9. The molecule has 4 aromatic rings. The van der Waals surface area contributed by atoms with Gasteiger partial charge < -0.3 is 4.57 Å². The molecule has 1 N–H and O–H groups in total. The number of nitrogens with one attached hydrogen (secondary N) is 1. The SMILES string of the molecule is Clc1ccc(-c2c[c]cn2Cc2ccc3cn[nH]c3c2)cc1. The minimum Gasteiger partial charge on any atom is -0.342 e. The zero-order valence-electron chi connectivity index (χ0n) is 11.8. The van der Waals surface area contributed by atoms with Gasteiger partial charge in [0.2, 0.25) is 0 Å². The standard InChI is InChI=1S/C18H13ClN3/c19-16-7-5-14(6-8-16)18-2-1-9-22(18)12-13-3-4-15-11-20-21-17(15)10-13/h2-11H,12H2,(H,20,21). The van der Waals surface area contributed by atoms with Crippen LogP contribution in [0.2, 0.25) is 5.02 Å². The fourth-order valence-corrected chi connectivity index (χ4v) is 2.76. The van der Waals surface area contributed by atoms with Crippen LogP contribution in [-0.2, 0) is 6.54 Å². The molecule has 0 aliphatic heterocycles. The van der Waals surface area contributed by atoms with Crippen LogP contribution in [0.3, 0.4) is 0 Å². The first-order chi connectivity index (χ1) is 10.8. The molecule has 0 unspecified atom stereocenters. The fraction of sp³-hybridized carbons (Fsp3) is 0.0556. The van der Waals surface area contributed by atoms with Gasteiger partial charge >= 0.3 is 0 Å². The largest absolute Gasteiger partial charge is 0.342 e. The molecule has 0 spiro atoms. The van der Waals surface area contributed by atoms with Crippen LogP contribution in [0.4, 0.5) is 0 Å². The van der Waals surface area contributed by atoms with E-state index >= 15 is 0 Å². The molecule has 0 aliphatic rings. The van der Waals surface area contributed by atoms with Crippen molar-refractivity contribution in [1.29, 1.82) is 0 Å². The number of aromatic amines is 1. The first-order valence-corrected chi connectivity index (χ1v) is 7.41. The Morgan fingerprint density at radius 2 is 2.00 bits per heavy atom. The number of fused-ring (bicyclic) bond motifs is 1. The molecule has 0 aliphatic carbocycles. The summed E-state index contributed by atoms with van der Waals surface area (Å²) in [6, 6.07) is 19.4. The van der Waals surface area contributed by atoms with Crippen molar-refractivity contribution in [2.45, 2.75) is 6.54 Å². The third kappa shape index (κ3) is 2.40. The quantitative estimate of drug-likeness (QED) is 0.592. The second-order valence-electron chi connectivity index (χ2n) is 5.25. The molecule has 0 amide bonds. The summed E-state index contributed by atoms with van der Waals surface area (Å²) in [6.45, 7) is 0.788.